The molecule has 0 amide bonds. The fourth-order valence-electron chi connectivity index (χ4n) is 1.26. The number of halogens is 1. The number of hydrogen-bond acceptors (Lipinski definition) is 5. The van der Waals surface area contributed by atoms with Crippen molar-refractivity contribution in [2.24, 2.45) is 0 Å². The van der Waals surface area contributed by atoms with Gasteiger partial charge in [0, 0.05) is 16.4 Å². The van der Waals surface area contributed by atoms with Gasteiger partial charge >= 0.3 is 5.97 Å². The molecule has 2 aromatic heterocycles. The van der Waals surface area contributed by atoms with Crippen LogP contribution in [0, 0.1) is 6.92 Å². The molecule has 0 aliphatic rings. The average molecular weight is 345 g/mol. The zero-order valence-corrected chi connectivity index (χ0v) is 12.6. The van der Waals surface area contributed by atoms with Crippen molar-refractivity contribution in [3.8, 4) is 0 Å². The van der Waals surface area contributed by atoms with E-state index < -0.39 is 5.97 Å². The van der Waals surface area contributed by atoms with Crippen molar-refractivity contribution in [1.82, 2.24) is 9.97 Å². The van der Waals surface area contributed by atoms with Gasteiger partial charge in [0.2, 0.25) is 0 Å². The third-order valence-corrected chi connectivity index (χ3v) is 4.89. The Morgan fingerprint density at radius 1 is 1.56 bits per heavy atom. The molecule has 0 saturated heterocycles. The second kappa shape index (κ2) is 5.81. The minimum Gasteiger partial charge on any atom is -0.477 e. The van der Waals surface area contributed by atoms with Crippen molar-refractivity contribution in [3.63, 3.8) is 0 Å². The standard InChI is InChI=1S/C11H9BrN2O2S2/c1-6-9(10(15)16)18-11(14-6)17-5-8-3-2-7(12)4-13-8/h2-4H,5H2,1H3,(H,15,16). The quantitative estimate of drug-likeness (QED) is 0.858. The van der Waals surface area contributed by atoms with Gasteiger partial charge in [-0.2, -0.15) is 0 Å². The highest BCUT2D eigenvalue weighted by Crippen LogP contribution is 2.29. The molecule has 0 aromatic carbocycles. The maximum absolute atomic E-state index is 10.9. The first-order chi connectivity index (χ1) is 8.56. The molecule has 4 nitrogen and oxygen atoms in total. The van der Waals surface area contributed by atoms with E-state index in [-0.39, 0.29) is 0 Å². The molecule has 2 rings (SSSR count). The molecular formula is C11H9BrN2O2S2. The van der Waals surface area contributed by atoms with Crippen LogP contribution in [0.1, 0.15) is 21.1 Å². The highest BCUT2D eigenvalue weighted by atomic mass is 79.9. The Morgan fingerprint density at radius 2 is 2.33 bits per heavy atom. The molecule has 0 atom stereocenters. The summed E-state index contributed by atoms with van der Waals surface area (Å²) in [5.41, 5.74) is 1.51. The Kier molecular flexibility index (Phi) is 4.36. The van der Waals surface area contributed by atoms with Gasteiger partial charge in [-0.15, -0.1) is 11.3 Å². The molecule has 0 fully saturated rings. The summed E-state index contributed by atoms with van der Waals surface area (Å²) in [5.74, 6) is -0.238. The number of aryl methyl sites for hydroxylation is 1. The van der Waals surface area contributed by atoms with Gasteiger partial charge in [-0.05, 0) is 35.0 Å². The number of carbonyl (C=O) groups is 1. The minimum atomic E-state index is -0.918. The first kappa shape index (κ1) is 13.5. The van der Waals surface area contributed by atoms with Crippen LogP contribution in [0.4, 0.5) is 0 Å². The van der Waals surface area contributed by atoms with Crippen LogP contribution in [-0.4, -0.2) is 21.0 Å². The van der Waals surface area contributed by atoms with Crippen LogP contribution in [0.3, 0.4) is 0 Å². The van der Waals surface area contributed by atoms with E-state index >= 15 is 0 Å². The predicted octanol–water partition coefficient (Wildman–Crippen LogP) is 3.60. The molecule has 0 spiro atoms. The molecule has 0 unspecified atom stereocenters. The monoisotopic (exact) mass is 344 g/mol. The summed E-state index contributed by atoms with van der Waals surface area (Å²) in [6, 6.07) is 3.86. The van der Waals surface area contributed by atoms with E-state index in [4.69, 9.17) is 5.11 Å². The summed E-state index contributed by atoms with van der Waals surface area (Å²) in [5, 5.41) is 8.94. The summed E-state index contributed by atoms with van der Waals surface area (Å²) in [6.07, 6.45) is 1.74. The van der Waals surface area contributed by atoms with Gasteiger partial charge in [0.05, 0.1) is 11.4 Å². The molecule has 2 heterocycles. The van der Waals surface area contributed by atoms with Crippen LogP contribution in [0.15, 0.2) is 27.1 Å². The Morgan fingerprint density at radius 3 is 2.89 bits per heavy atom. The topological polar surface area (TPSA) is 63.1 Å². The van der Waals surface area contributed by atoms with E-state index in [0.717, 1.165) is 14.5 Å². The molecule has 0 saturated carbocycles. The Labute approximate surface area is 121 Å². The molecule has 18 heavy (non-hydrogen) atoms. The Balaban J connectivity index is 2.04. The molecule has 2 aromatic rings. The summed E-state index contributed by atoms with van der Waals surface area (Å²) in [4.78, 5) is 19.7. The second-order valence-corrected chi connectivity index (χ2v) is 6.59. The maximum atomic E-state index is 10.9. The van der Waals surface area contributed by atoms with E-state index in [2.05, 4.69) is 25.9 Å². The zero-order valence-electron chi connectivity index (χ0n) is 9.38. The number of aromatic nitrogens is 2. The number of thiazole rings is 1. The summed E-state index contributed by atoms with van der Waals surface area (Å²) < 4.78 is 1.70. The molecule has 7 heteroatoms. The van der Waals surface area contributed by atoms with E-state index in [0.29, 0.717) is 16.3 Å². The number of aromatic carboxylic acids is 1. The lowest BCUT2D eigenvalue weighted by molar-refractivity contribution is 0.0701. The lowest BCUT2D eigenvalue weighted by Crippen LogP contribution is -1.94. The van der Waals surface area contributed by atoms with Crippen LogP contribution < -0.4 is 0 Å². The molecule has 0 aliphatic carbocycles. The third-order valence-electron chi connectivity index (χ3n) is 2.10. The smallest absolute Gasteiger partial charge is 0.347 e. The number of nitrogens with zero attached hydrogens (tertiary/aromatic N) is 2. The van der Waals surface area contributed by atoms with Crippen molar-refractivity contribution < 1.29 is 9.90 Å². The van der Waals surface area contributed by atoms with E-state index in [9.17, 15) is 4.79 Å². The molecule has 0 radical (unpaired) electrons. The first-order valence-corrected chi connectivity index (χ1v) is 7.59. The lowest BCUT2D eigenvalue weighted by atomic mass is 10.4. The largest absolute Gasteiger partial charge is 0.477 e. The number of thioether (sulfide) groups is 1. The predicted molar refractivity (Wildman–Crippen MR) is 75.3 cm³/mol. The number of carboxylic acid groups (broad SMARTS) is 1. The first-order valence-electron chi connectivity index (χ1n) is 5.00. The molecular weight excluding hydrogens is 336 g/mol. The zero-order chi connectivity index (χ0) is 13.1. The van der Waals surface area contributed by atoms with Gasteiger partial charge in [0.1, 0.15) is 4.88 Å². The van der Waals surface area contributed by atoms with Gasteiger partial charge < -0.3 is 5.11 Å². The summed E-state index contributed by atoms with van der Waals surface area (Å²) in [6.45, 7) is 1.71. The van der Waals surface area contributed by atoms with Crippen molar-refractivity contribution >= 4 is 45.0 Å². The van der Waals surface area contributed by atoms with Crippen molar-refractivity contribution in [2.45, 2.75) is 17.0 Å². The minimum absolute atomic E-state index is 0.307. The van der Waals surface area contributed by atoms with Crippen LogP contribution in [0.5, 0.6) is 0 Å². The van der Waals surface area contributed by atoms with Gasteiger partial charge in [0.25, 0.3) is 0 Å². The van der Waals surface area contributed by atoms with Gasteiger partial charge in [-0.3, -0.25) is 4.98 Å². The van der Waals surface area contributed by atoms with Gasteiger partial charge in [0.15, 0.2) is 4.34 Å². The fraction of sp³-hybridized carbons (Fsp3) is 0.182. The molecule has 0 bridgehead atoms. The highest BCUT2D eigenvalue weighted by molar-refractivity contribution is 9.10. The Hall–Kier alpha value is -0.920. The van der Waals surface area contributed by atoms with Crippen LogP contribution in [0.2, 0.25) is 0 Å². The molecule has 94 valence electrons. The third kappa shape index (κ3) is 3.30. The fourth-order valence-corrected chi connectivity index (χ4v) is 3.44. The Bertz CT molecular complexity index is 569. The summed E-state index contributed by atoms with van der Waals surface area (Å²) in [7, 11) is 0. The van der Waals surface area contributed by atoms with Crippen LogP contribution >= 0.6 is 39.0 Å². The van der Waals surface area contributed by atoms with Crippen molar-refractivity contribution in [3.05, 3.63) is 39.1 Å². The summed E-state index contributed by atoms with van der Waals surface area (Å²) >= 11 is 6.03. The molecule has 0 aliphatic heterocycles. The number of pyridine rings is 1. The number of hydrogen-bond donors (Lipinski definition) is 1. The number of rotatable bonds is 4. The maximum Gasteiger partial charge on any atom is 0.347 e. The SMILES string of the molecule is Cc1nc(SCc2ccc(Br)cn2)sc1C(=O)O. The van der Waals surface area contributed by atoms with Crippen LogP contribution in [-0.2, 0) is 5.75 Å². The van der Waals surface area contributed by atoms with Gasteiger partial charge in [-0.1, -0.05) is 11.8 Å². The lowest BCUT2D eigenvalue weighted by Gasteiger charge is -1.97. The normalized spacial score (nSPS) is 10.6. The van der Waals surface area contributed by atoms with Gasteiger partial charge in [-0.25, -0.2) is 9.78 Å². The van der Waals surface area contributed by atoms with E-state index in [1.165, 1.54) is 23.1 Å². The van der Waals surface area contributed by atoms with Crippen molar-refractivity contribution in [1.29, 1.82) is 0 Å². The van der Waals surface area contributed by atoms with Crippen molar-refractivity contribution in [2.75, 3.05) is 0 Å². The highest BCUT2D eigenvalue weighted by Gasteiger charge is 2.14. The van der Waals surface area contributed by atoms with E-state index in [1.54, 1.807) is 13.1 Å². The molecule has 1 N–H and O–H groups in total. The van der Waals surface area contributed by atoms with Crippen LogP contribution in [0.25, 0.3) is 0 Å². The number of carboxylic acids is 1. The van der Waals surface area contributed by atoms with E-state index in [1.807, 2.05) is 12.1 Å². The second-order valence-electron chi connectivity index (χ2n) is 3.46. The average Bonchev–Trinajstić information content (AvgIpc) is 2.70.